The maximum atomic E-state index is 14.6. The van der Waals surface area contributed by atoms with Gasteiger partial charge in [0.2, 0.25) is 0 Å². The lowest BCUT2D eigenvalue weighted by Gasteiger charge is -2.36. The SMILES string of the molecule is CC1=CP(=O)(C2CCCCC2)[C@H]2[C@@H]1[C@H]1C(C)=C[C@@H]2P1(=O)C1CCCCC1. The van der Waals surface area contributed by atoms with E-state index in [9.17, 15) is 9.13 Å². The van der Waals surface area contributed by atoms with Crippen LogP contribution in [0.3, 0.4) is 0 Å². The van der Waals surface area contributed by atoms with Gasteiger partial charge >= 0.3 is 0 Å². The van der Waals surface area contributed by atoms with E-state index >= 15 is 0 Å². The summed E-state index contributed by atoms with van der Waals surface area (Å²) >= 11 is 0. The van der Waals surface area contributed by atoms with E-state index in [1.54, 1.807) is 0 Å². The van der Waals surface area contributed by atoms with Crippen LogP contribution in [0.4, 0.5) is 0 Å². The Morgan fingerprint density at radius 2 is 1.38 bits per heavy atom. The first-order valence-corrected chi connectivity index (χ1v) is 14.9. The molecule has 0 spiro atoms. The summed E-state index contributed by atoms with van der Waals surface area (Å²) in [5.74, 6) is 2.57. The third-order valence-electron chi connectivity index (χ3n) is 8.55. The minimum atomic E-state index is -2.38. The van der Waals surface area contributed by atoms with Crippen LogP contribution in [0.15, 0.2) is 23.0 Å². The summed E-state index contributed by atoms with van der Waals surface area (Å²) in [6.07, 6.45) is 14.5. The van der Waals surface area contributed by atoms with E-state index in [2.05, 4.69) is 25.7 Å². The summed E-state index contributed by atoms with van der Waals surface area (Å²) in [5.41, 5.74) is 4.08. The Hall–Kier alpha value is -0.0600. The van der Waals surface area contributed by atoms with Crippen LogP contribution in [-0.4, -0.2) is 28.3 Å². The molecule has 2 aliphatic carbocycles. The Kier molecular flexibility index (Phi) is 4.31. The highest BCUT2D eigenvalue weighted by Crippen LogP contribution is 2.85. The zero-order chi connectivity index (χ0) is 18.1. The second-order valence-electron chi connectivity index (χ2n) is 9.85. The van der Waals surface area contributed by atoms with Gasteiger partial charge in [-0.1, -0.05) is 55.7 Å². The van der Waals surface area contributed by atoms with Crippen molar-refractivity contribution in [2.45, 2.75) is 106 Å². The van der Waals surface area contributed by atoms with Crippen LogP contribution in [0.1, 0.15) is 78.1 Å². The van der Waals surface area contributed by atoms with Gasteiger partial charge in [0.25, 0.3) is 0 Å². The average molecular weight is 392 g/mol. The maximum Gasteiger partial charge on any atom is 0.116 e. The Balaban J connectivity index is 1.57. The fourth-order valence-electron chi connectivity index (χ4n) is 7.55. The highest BCUT2D eigenvalue weighted by molar-refractivity contribution is 7.73. The molecule has 2 unspecified atom stereocenters. The highest BCUT2D eigenvalue weighted by Gasteiger charge is 2.69. The van der Waals surface area contributed by atoms with Crippen LogP contribution in [0.2, 0.25) is 0 Å². The molecule has 4 heteroatoms. The first kappa shape index (κ1) is 18.0. The first-order valence-electron chi connectivity index (χ1n) is 11.0. The Bertz CT molecular complexity index is 752. The number of rotatable bonds is 2. The van der Waals surface area contributed by atoms with Crippen molar-refractivity contribution < 1.29 is 9.13 Å². The lowest BCUT2D eigenvalue weighted by atomic mass is 9.85. The van der Waals surface area contributed by atoms with E-state index in [1.165, 1.54) is 49.7 Å². The topological polar surface area (TPSA) is 34.1 Å². The zero-order valence-electron chi connectivity index (χ0n) is 16.4. The van der Waals surface area contributed by atoms with E-state index in [4.69, 9.17) is 0 Å². The molecule has 6 atom stereocenters. The van der Waals surface area contributed by atoms with Crippen LogP contribution in [0.25, 0.3) is 0 Å². The van der Waals surface area contributed by atoms with Crippen molar-refractivity contribution in [1.82, 2.24) is 0 Å². The molecule has 5 aliphatic rings. The molecule has 0 aromatic rings. The summed E-state index contributed by atoms with van der Waals surface area (Å²) in [6, 6.07) is 0. The van der Waals surface area contributed by atoms with Crippen LogP contribution >= 0.6 is 14.3 Å². The molecule has 1 saturated heterocycles. The van der Waals surface area contributed by atoms with Gasteiger partial charge in [-0.2, -0.15) is 0 Å². The van der Waals surface area contributed by atoms with Crippen LogP contribution in [-0.2, 0) is 9.13 Å². The monoisotopic (exact) mass is 392 g/mol. The van der Waals surface area contributed by atoms with Gasteiger partial charge in [0.05, 0.1) is 0 Å². The average Bonchev–Trinajstić information content (AvgIpc) is 3.19. The summed E-state index contributed by atoms with van der Waals surface area (Å²) in [7, 11) is -4.71. The second kappa shape index (κ2) is 6.22. The molecule has 0 amide bonds. The van der Waals surface area contributed by atoms with E-state index in [0.29, 0.717) is 17.2 Å². The van der Waals surface area contributed by atoms with Gasteiger partial charge in [0, 0.05) is 34.2 Å². The summed E-state index contributed by atoms with van der Waals surface area (Å²) < 4.78 is 29.1. The molecule has 3 fully saturated rings. The Morgan fingerprint density at radius 3 is 2.00 bits per heavy atom. The van der Waals surface area contributed by atoms with Gasteiger partial charge in [-0.05, 0) is 45.3 Å². The van der Waals surface area contributed by atoms with Crippen molar-refractivity contribution in [2.24, 2.45) is 5.92 Å². The molecule has 144 valence electrons. The summed E-state index contributed by atoms with van der Waals surface area (Å²) in [5, 5.41) is 0. The van der Waals surface area contributed by atoms with Gasteiger partial charge in [-0.25, -0.2) is 0 Å². The molecule has 2 bridgehead atoms. The van der Waals surface area contributed by atoms with Crippen molar-refractivity contribution in [3.8, 4) is 0 Å². The number of hydrogen-bond donors (Lipinski definition) is 0. The van der Waals surface area contributed by atoms with Crippen molar-refractivity contribution in [1.29, 1.82) is 0 Å². The largest absolute Gasteiger partial charge is 0.322 e. The summed E-state index contributed by atoms with van der Waals surface area (Å²) in [4.78, 5) is 0. The van der Waals surface area contributed by atoms with Gasteiger partial charge in [0.15, 0.2) is 0 Å². The summed E-state index contributed by atoms with van der Waals surface area (Å²) in [6.45, 7) is 4.42. The molecule has 0 N–H and O–H groups in total. The smallest absolute Gasteiger partial charge is 0.116 e. The van der Waals surface area contributed by atoms with Crippen molar-refractivity contribution in [3.63, 3.8) is 0 Å². The third-order valence-corrected chi connectivity index (χ3v) is 17.5. The maximum absolute atomic E-state index is 14.6. The lowest BCUT2D eigenvalue weighted by molar-refractivity contribution is 0.474. The minimum Gasteiger partial charge on any atom is -0.322 e. The standard InChI is InChI=1S/C22H34O2P2/c1-15-13-19-22-20(21(15)26(19,24)18-11-7-4-8-12-18)16(2)14-25(22,23)17-9-5-3-6-10-17/h13-14,17-22H,3-12H2,1-2H3/t19-,20-,21+,22+,25?,26?/m0/s1. The lowest BCUT2D eigenvalue weighted by Crippen LogP contribution is -2.31. The van der Waals surface area contributed by atoms with Crippen LogP contribution in [0.5, 0.6) is 0 Å². The van der Waals surface area contributed by atoms with Crippen molar-refractivity contribution in [2.75, 3.05) is 0 Å². The predicted octanol–water partition coefficient (Wildman–Crippen LogP) is 6.99. The molecule has 0 aromatic carbocycles. The van der Waals surface area contributed by atoms with E-state index in [-0.39, 0.29) is 17.0 Å². The number of fused-ring (bicyclic) bond motifs is 5. The molecule has 26 heavy (non-hydrogen) atoms. The Morgan fingerprint density at radius 1 is 0.808 bits per heavy atom. The van der Waals surface area contributed by atoms with Crippen molar-refractivity contribution >= 4 is 14.3 Å². The third kappa shape index (κ3) is 2.24. The minimum absolute atomic E-state index is 0.141. The zero-order valence-corrected chi connectivity index (χ0v) is 18.2. The fourth-order valence-corrected chi connectivity index (χ4v) is 18.5. The van der Waals surface area contributed by atoms with Gasteiger partial charge in [-0.15, -0.1) is 0 Å². The quantitative estimate of drug-likeness (QED) is 0.375. The van der Waals surface area contributed by atoms with Gasteiger partial charge in [0.1, 0.15) is 14.3 Å². The predicted molar refractivity (Wildman–Crippen MR) is 111 cm³/mol. The molecule has 3 aliphatic heterocycles. The number of hydrogen-bond acceptors (Lipinski definition) is 2. The normalized spacial score (nSPS) is 49.2. The van der Waals surface area contributed by atoms with E-state index in [1.807, 2.05) is 0 Å². The molecular formula is C22H34O2P2. The van der Waals surface area contributed by atoms with E-state index < -0.39 is 14.3 Å². The van der Waals surface area contributed by atoms with Gasteiger partial charge < -0.3 is 9.13 Å². The fraction of sp³-hybridized carbons (Fsp3) is 0.818. The second-order valence-corrected chi connectivity index (χ2v) is 16.4. The molecule has 0 radical (unpaired) electrons. The highest BCUT2D eigenvalue weighted by atomic mass is 31.2. The number of allylic oxidation sites excluding steroid dienone is 3. The first-order chi connectivity index (χ1) is 12.5. The van der Waals surface area contributed by atoms with Crippen LogP contribution in [0, 0.1) is 5.92 Å². The molecule has 3 heterocycles. The molecule has 2 nitrogen and oxygen atoms in total. The van der Waals surface area contributed by atoms with Crippen LogP contribution < -0.4 is 0 Å². The molecular weight excluding hydrogens is 358 g/mol. The van der Waals surface area contributed by atoms with Gasteiger partial charge in [-0.3, -0.25) is 0 Å². The molecule has 2 saturated carbocycles. The Labute approximate surface area is 159 Å². The molecule has 0 aromatic heterocycles. The molecule has 5 rings (SSSR count). The van der Waals surface area contributed by atoms with E-state index in [0.717, 1.165) is 25.7 Å². The van der Waals surface area contributed by atoms with Crippen molar-refractivity contribution in [3.05, 3.63) is 23.0 Å².